The largest absolute Gasteiger partial charge is 0.394 e. The van der Waals surface area contributed by atoms with Crippen LogP contribution in [0.15, 0.2) is 12.2 Å². The molecule has 4 nitrogen and oxygen atoms in total. The number of nitrogens with one attached hydrogen (secondary N) is 1. The lowest BCUT2D eigenvalue weighted by Gasteiger charge is -2.22. The van der Waals surface area contributed by atoms with Crippen LogP contribution in [0.3, 0.4) is 0 Å². The zero-order valence-corrected chi connectivity index (χ0v) is 30.7. The van der Waals surface area contributed by atoms with E-state index in [1.54, 1.807) is 0 Å². The van der Waals surface area contributed by atoms with Gasteiger partial charge in [-0.05, 0) is 38.5 Å². The van der Waals surface area contributed by atoms with Crippen molar-refractivity contribution in [2.45, 2.75) is 238 Å². The lowest BCUT2D eigenvalue weighted by Crippen LogP contribution is -2.45. The van der Waals surface area contributed by atoms with Crippen LogP contribution in [0.2, 0.25) is 0 Å². The first-order valence-electron chi connectivity index (χ1n) is 20.4. The molecule has 0 saturated carbocycles. The maximum absolute atomic E-state index is 12.3. The maximum atomic E-state index is 12.3. The highest BCUT2D eigenvalue weighted by Crippen LogP contribution is 2.16. The fraction of sp³-hybridized carbons (Fsp3) is 0.927. The summed E-state index contributed by atoms with van der Waals surface area (Å²) in [4.78, 5) is 12.3. The Labute approximate surface area is 282 Å². The lowest BCUT2D eigenvalue weighted by atomic mass is 10.0. The molecule has 0 radical (unpaired) electrons. The van der Waals surface area contributed by atoms with E-state index in [2.05, 4.69) is 31.3 Å². The van der Waals surface area contributed by atoms with Crippen LogP contribution in [0.5, 0.6) is 0 Å². The molecule has 0 heterocycles. The number of allylic oxidation sites excluding steroid dienone is 2. The number of hydrogen-bond acceptors (Lipinski definition) is 3. The van der Waals surface area contributed by atoms with Crippen molar-refractivity contribution < 1.29 is 15.0 Å². The number of amides is 1. The summed E-state index contributed by atoms with van der Waals surface area (Å²) in [6, 6.07) is -0.545. The van der Waals surface area contributed by atoms with Crippen molar-refractivity contribution in [3.63, 3.8) is 0 Å². The molecule has 0 bridgehead atoms. The first kappa shape index (κ1) is 44.1. The molecule has 0 fully saturated rings. The fourth-order valence-electron chi connectivity index (χ4n) is 6.36. The van der Waals surface area contributed by atoms with Crippen LogP contribution in [0.1, 0.15) is 226 Å². The Kier molecular flexibility index (Phi) is 36.9. The van der Waals surface area contributed by atoms with E-state index >= 15 is 0 Å². The van der Waals surface area contributed by atoms with Crippen molar-refractivity contribution in [1.29, 1.82) is 0 Å². The summed E-state index contributed by atoms with van der Waals surface area (Å²) in [7, 11) is 0. The molecule has 2 atom stereocenters. The van der Waals surface area contributed by atoms with Gasteiger partial charge in [0.15, 0.2) is 0 Å². The minimum absolute atomic E-state index is 0.0393. The average molecular weight is 636 g/mol. The Morgan fingerprint density at radius 3 is 1.22 bits per heavy atom. The quantitative estimate of drug-likeness (QED) is 0.0470. The van der Waals surface area contributed by atoms with Crippen molar-refractivity contribution in [2.24, 2.45) is 0 Å². The predicted molar refractivity (Wildman–Crippen MR) is 198 cm³/mol. The van der Waals surface area contributed by atoms with Gasteiger partial charge in [-0.3, -0.25) is 4.79 Å². The van der Waals surface area contributed by atoms with E-state index in [0.717, 1.165) is 32.1 Å². The van der Waals surface area contributed by atoms with E-state index in [1.807, 2.05) is 0 Å². The Bertz CT molecular complexity index is 608. The van der Waals surface area contributed by atoms with Crippen LogP contribution in [-0.2, 0) is 4.79 Å². The smallest absolute Gasteiger partial charge is 0.220 e. The van der Waals surface area contributed by atoms with Crippen LogP contribution >= 0.6 is 0 Å². The summed E-state index contributed by atoms with van der Waals surface area (Å²) in [5.41, 5.74) is 0. The molecular weight excluding hydrogens is 554 g/mol. The van der Waals surface area contributed by atoms with Crippen molar-refractivity contribution >= 4 is 5.91 Å². The van der Waals surface area contributed by atoms with Crippen LogP contribution < -0.4 is 5.32 Å². The van der Waals surface area contributed by atoms with Gasteiger partial charge < -0.3 is 15.5 Å². The Balaban J connectivity index is 3.45. The highest BCUT2D eigenvalue weighted by Gasteiger charge is 2.19. The van der Waals surface area contributed by atoms with Gasteiger partial charge >= 0.3 is 0 Å². The Morgan fingerprint density at radius 1 is 0.511 bits per heavy atom. The number of aliphatic hydroxyl groups is 2. The number of carbonyl (C=O) groups is 1. The topological polar surface area (TPSA) is 69.6 Å². The molecule has 0 spiro atoms. The number of hydrogen-bond donors (Lipinski definition) is 3. The van der Waals surface area contributed by atoms with E-state index in [9.17, 15) is 15.0 Å². The second-order valence-electron chi connectivity index (χ2n) is 14.1. The highest BCUT2D eigenvalue weighted by molar-refractivity contribution is 5.76. The molecule has 0 aromatic rings. The third kappa shape index (κ3) is 34.3. The summed E-state index contributed by atoms with van der Waals surface area (Å²) in [5, 5.41) is 23.0. The zero-order valence-electron chi connectivity index (χ0n) is 30.7. The molecule has 45 heavy (non-hydrogen) atoms. The second-order valence-corrected chi connectivity index (χ2v) is 14.1. The normalized spacial score (nSPS) is 13.1. The van der Waals surface area contributed by atoms with Gasteiger partial charge in [0.2, 0.25) is 5.91 Å². The van der Waals surface area contributed by atoms with Gasteiger partial charge in [-0.1, -0.05) is 193 Å². The number of aliphatic hydroxyl groups excluding tert-OH is 2. The highest BCUT2D eigenvalue weighted by atomic mass is 16.3. The monoisotopic (exact) mass is 636 g/mol. The van der Waals surface area contributed by atoms with Crippen LogP contribution in [0.4, 0.5) is 0 Å². The third-order valence-electron chi connectivity index (χ3n) is 9.53. The van der Waals surface area contributed by atoms with E-state index in [4.69, 9.17) is 0 Å². The number of rotatable bonds is 37. The summed E-state index contributed by atoms with van der Waals surface area (Å²) in [6.45, 7) is 4.33. The minimum Gasteiger partial charge on any atom is -0.394 e. The summed E-state index contributed by atoms with van der Waals surface area (Å²) in [5.74, 6) is -0.0393. The SMILES string of the molecule is CCCCCC/C=C/CCCC[C@@H](O)[C@H](CO)NC(=O)CCCCCCCCCCCCCCCCCCCCCCCCC. The van der Waals surface area contributed by atoms with Gasteiger partial charge in [0.05, 0.1) is 18.8 Å². The molecule has 0 aromatic heterocycles. The van der Waals surface area contributed by atoms with Gasteiger partial charge in [-0.25, -0.2) is 0 Å². The van der Waals surface area contributed by atoms with Gasteiger partial charge in [-0.15, -0.1) is 0 Å². The molecule has 1 amide bonds. The summed E-state index contributed by atoms with van der Waals surface area (Å²) in [6.07, 6.45) is 45.8. The van der Waals surface area contributed by atoms with Gasteiger partial charge in [0.1, 0.15) is 0 Å². The van der Waals surface area contributed by atoms with Gasteiger partial charge in [0, 0.05) is 6.42 Å². The molecule has 0 aliphatic carbocycles. The predicted octanol–water partition coefficient (Wildman–Crippen LogP) is 12.3. The van der Waals surface area contributed by atoms with E-state index in [1.165, 1.54) is 167 Å². The van der Waals surface area contributed by atoms with Crippen molar-refractivity contribution in [3.05, 3.63) is 12.2 Å². The van der Waals surface area contributed by atoms with Crippen molar-refractivity contribution in [1.82, 2.24) is 5.32 Å². The molecule has 4 heteroatoms. The van der Waals surface area contributed by atoms with Crippen molar-refractivity contribution in [3.8, 4) is 0 Å². The summed E-state index contributed by atoms with van der Waals surface area (Å²) >= 11 is 0. The molecule has 0 saturated heterocycles. The average Bonchev–Trinajstić information content (AvgIpc) is 3.04. The molecule has 0 aliphatic heterocycles. The van der Waals surface area contributed by atoms with E-state index in [0.29, 0.717) is 12.8 Å². The van der Waals surface area contributed by atoms with Gasteiger partial charge in [-0.2, -0.15) is 0 Å². The minimum atomic E-state index is -0.675. The number of unbranched alkanes of at least 4 members (excludes halogenated alkanes) is 28. The van der Waals surface area contributed by atoms with Gasteiger partial charge in [0.25, 0.3) is 0 Å². The second kappa shape index (κ2) is 37.6. The van der Waals surface area contributed by atoms with Crippen LogP contribution in [-0.4, -0.2) is 34.9 Å². The van der Waals surface area contributed by atoms with Crippen LogP contribution in [0, 0.1) is 0 Å². The third-order valence-corrected chi connectivity index (χ3v) is 9.53. The molecular formula is C41H81NO3. The fourth-order valence-corrected chi connectivity index (χ4v) is 6.36. The molecule has 0 aliphatic rings. The molecule has 0 rings (SSSR count). The van der Waals surface area contributed by atoms with Crippen molar-refractivity contribution in [2.75, 3.05) is 6.61 Å². The molecule has 3 N–H and O–H groups in total. The molecule has 268 valence electrons. The lowest BCUT2D eigenvalue weighted by molar-refractivity contribution is -0.123. The summed E-state index contributed by atoms with van der Waals surface area (Å²) < 4.78 is 0. The Hall–Kier alpha value is -0.870. The first-order chi connectivity index (χ1) is 22.2. The first-order valence-corrected chi connectivity index (χ1v) is 20.4. The maximum Gasteiger partial charge on any atom is 0.220 e. The zero-order chi connectivity index (χ0) is 32.9. The molecule has 0 unspecified atom stereocenters. The van der Waals surface area contributed by atoms with Crippen LogP contribution in [0.25, 0.3) is 0 Å². The van der Waals surface area contributed by atoms with E-state index in [-0.39, 0.29) is 12.5 Å². The van der Waals surface area contributed by atoms with E-state index < -0.39 is 12.1 Å². The Morgan fingerprint density at radius 2 is 0.844 bits per heavy atom. The molecule has 0 aromatic carbocycles. The number of carbonyl (C=O) groups excluding carboxylic acids is 1. The standard InChI is InChI=1S/C41H81NO3/c1-3-5-7-9-11-13-15-16-17-18-19-20-21-22-23-24-25-26-27-29-31-33-35-37-41(45)42-39(38-43)40(44)36-34-32-30-28-14-12-10-8-6-4-2/h14,28,39-40,43-44H,3-13,15-27,29-38H2,1-2H3,(H,42,45)/b28-14+/t39-,40+/m0/s1.